The van der Waals surface area contributed by atoms with E-state index in [1.54, 1.807) is 6.92 Å². The van der Waals surface area contributed by atoms with Gasteiger partial charge in [0, 0.05) is 24.7 Å². The third-order valence-electron chi connectivity index (χ3n) is 2.70. The molecule has 1 aromatic heterocycles. The maximum Gasteiger partial charge on any atom is 0.288 e. The predicted octanol–water partition coefficient (Wildman–Crippen LogP) is 1.62. The quantitative estimate of drug-likeness (QED) is 0.352. The van der Waals surface area contributed by atoms with E-state index in [-0.39, 0.29) is 17.8 Å². The smallest absolute Gasteiger partial charge is 0.288 e. The van der Waals surface area contributed by atoms with Crippen LogP contribution in [0.4, 0.5) is 5.69 Å². The van der Waals surface area contributed by atoms with Crippen molar-refractivity contribution in [2.45, 2.75) is 26.8 Å². The van der Waals surface area contributed by atoms with Crippen molar-refractivity contribution in [3.05, 3.63) is 50.4 Å². The Labute approximate surface area is 111 Å². The first-order chi connectivity index (χ1) is 8.95. The van der Waals surface area contributed by atoms with Gasteiger partial charge in [-0.25, -0.2) is 0 Å². The summed E-state index contributed by atoms with van der Waals surface area (Å²) in [5.74, 6) is 0. The first-order valence-corrected chi connectivity index (χ1v) is 6.18. The Morgan fingerprint density at radius 2 is 2.26 bits per heavy atom. The van der Waals surface area contributed by atoms with Gasteiger partial charge in [-0.3, -0.25) is 14.9 Å². The molecule has 1 N–H and O–H groups in total. The largest absolute Gasteiger partial charge is 0.313 e. The van der Waals surface area contributed by atoms with Crippen LogP contribution in [0.3, 0.4) is 0 Å². The molecule has 0 radical (unpaired) electrons. The maximum absolute atomic E-state index is 11.8. The molecule has 0 bridgehead atoms. The lowest BCUT2D eigenvalue weighted by Gasteiger charge is -2.10. The van der Waals surface area contributed by atoms with Crippen LogP contribution in [0.1, 0.15) is 18.9 Å². The molecule has 0 aliphatic carbocycles. The van der Waals surface area contributed by atoms with Crippen molar-refractivity contribution in [2.24, 2.45) is 0 Å². The number of hydrogen-bond acceptors (Lipinski definition) is 4. The summed E-state index contributed by atoms with van der Waals surface area (Å²) >= 11 is 0. The molecule has 0 aliphatic heterocycles. The van der Waals surface area contributed by atoms with Crippen molar-refractivity contribution >= 4 is 5.69 Å². The van der Waals surface area contributed by atoms with Crippen LogP contribution in [0.5, 0.6) is 0 Å². The Morgan fingerprint density at radius 1 is 1.58 bits per heavy atom. The van der Waals surface area contributed by atoms with Gasteiger partial charge in [0.25, 0.3) is 11.2 Å². The lowest BCUT2D eigenvalue weighted by molar-refractivity contribution is -0.385. The van der Waals surface area contributed by atoms with E-state index in [1.165, 1.54) is 16.8 Å². The minimum atomic E-state index is -0.483. The third kappa shape index (κ3) is 4.33. The van der Waals surface area contributed by atoms with Gasteiger partial charge in [0.15, 0.2) is 0 Å². The number of nitrogens with zero attached hydrogens (tertiary/aromatic N) is 2. The van der Waals surface area contributed by atoms with Crippen molar-refractivity contribution in [3.63, 3.8) is 0 Å². The number of aryl methyl sites for hydroxylation is 1. The van der Waals surface area contributed by atoms with E-state index in [0.717, 1.165) is 18.5 Å². The molecule has 0 fully saturated rings. The Kier molecular flexibility index (Phi) is 5.44. The number of rotatable bonds is 7. The molecule has 1 heterocycles. The zero-order chi connectivity index (χ0) is 14.4. The lowest BCUT2D eigenvalue weighted by Crippen LogP contribution is -2.25. The van der Waals surface area contributed by atoms with Gasteiger partial charge in [-0.1, -0.05) is 13.5 Å². The Balaban J connectivity index is 2.83. The zero-order valence-corrected chi connectivity index (χ0v) is 11.3. The molecule has 6 heteroatoms. The molecule has 1 aromatic rings. The van der Waals surface area contributed by atoms with Gasteiger partial charge in [0.1, 0.15) is 0 Å². The highest BCUT2D eigenvalue weighted by Gasteiger charge is 2.13. The summed E-state index contributed by atoms with van der Waals surface area (Å²) < 4.78 is 1.32. The highest BCUT2D eigenvalue weighted by molar-refractivity contribution is 5.36. The molecule has 0 saturated carbocycles. The molecule has 104 valence electrons. The van der Waals surface area contributed by atoms with Gasteiger partial charge < -0.3 is 9.88 Å². The summed E-state index contributed by atoms with van der Waals surface area (Å²) in [6.45, 7) is 9.25. The van der Waals surface area contributed by atoms with Gasteiger partial charge in [-0.2, -0.15) is 0 Å². The Morgan fingerprint density at radius 3 is 2.84 bits per heavy atom. The second-order valence-electron chi connectivity index (χ2n) is 4.49. The highest BCUT2D eigenvalue weighted by Crippen LogP contribution is 2.14. The standard InChI is InChI=1S/C13H19N3O3/c1-4-5-14-7-10(2)8-15-9-12(16(18)19)11(3)6-13(15)17/h6,9,14H,2,4-5,7-8H2,1,3H3. The topological polar surface area (TPSA) is 77.2 Å². The Bertz CT molecular complexity index is 534. The second-order valence-corrected chi connectivity index (χ2v) is 4.49. The van der Waals surface area contributed by atoms with Crippen molar-refractivity contribution in [1.29, 1.82) is 0 Å². The number of nitro groups is 1. The summed E-state index contributed by atoms with van der Waals surface area (Å²) in [6, 6.07) is 1.28. The third-order valence-corrected chi connectivity index (χ3v) is 2.70. The summed E-state index contributed by atoms with van der Waals surface area (Å²) in [7, 11) is 0. The summed E-state index contributed by atoms with van der Waals surface area (Å²) in [5, 5.41) is 14.0. The molecular weight excluding hydrogens is 246 g/mol. The number of pyridine rings is 1. The fourth-order valence-corrected chi connectivity index (χ4v) is 1.71. The molecule has 0 atom stereocenters. The molecule has 6 nitrogen and oxygen atoms in total. The van der Waals surface area contributed by atoms with E-state index in [1.807, 2.05) is 0 Å². The number of hydrogen-bond donors (Lipinski definition) is 1. The molecule has 19 heavy (non-hydrogen) atoms. The Hall–Kier alpha value is -1.95. The summed E-state index contributed by atoms with van der Waals surface area (Å²) in [6.07, 6.45) is 2.30. The summed E-state index contributed by atoms with van der Waals surface area (Å²) in [5.41, 5.74) is 0.892. The average molecular weight is 265 g/mol. The molecule has 0 aromatic carbocycles. The second kappa shape index (κ2) is 6.84. The van der Waals surface area contributed by atoms with Crippen LogP contribution in [0.25, 0.3) is 0 Å². The van der Waals surface area contributed by atoms with E-state index < -0.39 is 4.92 Å². The van der Waals surface area contributed by atoms with E-state index >= 15 is 0 Å². The van der Waals surface area contributed by atoms with Crippen molar-refractivity contribution < 1.29 is 4.92 Å². The molecule has 0 spiro atoms. The van der Waals surface area contributed by atoms with Gasteiger partial charge in [0.05, 0.1) is 11.1 Å². The number of aromatic nitrogens is 1. The average Bonchev–Trinajstić information content (AvgIpc) is 2.32. The molecule has 0 saturated heterocycles. The van der Waals surface area contributed by atoms with Crippen LogP contribution in [0, 0.1) is 17.0 Å². The number of nitrogens with one attached hydrogen (secondary N) is 1. The first-order valence-electron chi connectivity index (χ1n) is 6.18. The van der Waals surface area contributed by atoms with Crippen molar-refractivity contribution in [3.8, 4) is 0 Å². The molecular formula is C13H19N3O3. The first kappa shape index (κ1) is 15.1. The van der Waals surface area contributed by atoms with Crippen LogP contribution in [0.2, 0.25) is 0 Å². The van der Waals surface area contributed by atoms with Crippen LogP contribution in [0.15, 0.2) is 29.2 Å². The molecule has 1 rings (SSSR count). The predicted molar refractivity (Wildman–Crippen MR) is 74.4 cm³/mol. The van der Waals surface area contributed by atoms with Crippen LogP contribution in [-0.4, -0.2) is 22.6 Å². The van der Waals surface area contributed by atoms with Gasteiger partial charge in [-0.15, -0.1) is 0 Å². The summed E-state index contributed by atoms with van der Waals surface area (Å²) in [4.78, 5) is 22.1. The lowest BCUT2D eigenvalue weighted by atomic mass is 10.2. The van der Waals surface area contributed by atoms with E-state index in [9.17, 15) is 14.9 Å². The van der Waals surface area contributed by atoms with E-state index in [4.69, 9.17) is 0 Å². The van der Waals surface area contributed by atoms with Crippen LogP contribution in [-0.2, 0) is 6.54 Å². The van der Waals surface area contributed by atoms with Crippen LogP contribution < -0.4 is 10.9 Å². The molecule has 0 amide bonds. The van der Waals surface area contributed by atoms with E-state index in [2.05, 4.69) is 18.8 Å². The fraction of sp³-hybridized carbons (Fsp3) is 0.462. The van der Waals surface area contributed by atoms with Crippen molar-refractivity contribution in [1.82, 2.24) is 9.88 Å². The van der Waals surface area contributed by atoms with E-state index in [0.29, 0.717) is 12.1 Å². The monoisotopic (exact) mass is 265 g/mol. The van der Waals surface area contributed by atoms with Gasteiger partial charge in [-0.05, 0) is 25.5 Å². The minimum Gasteiger partial charge on any atom is -0.313 e. The van der Waals surface area contributed by atoms with Gasteiger partial charge >= 0.3 is 0 Å². The van der Waals surface area contributed by atoms with Gasteiger partial charge in [0.2, 0.25) is 0 Å². The normalized spacial score (nSPS) is 10.4. The fourth-order valence-electron chi connectivity index (χ4n) is 1.71. The maximum atomic E-state index is 11.8. The van der Waals surface area contributed by atoms with Crippen LogP contribution >= 0.6 is 0 Å². The minimum absolute atomic E-state index is 0.0473. The van der Waals surface area contributed by atoms with Crippen molar-refractivity contribution in [2.75, 3.05) is 13.1 Å². The molecule has 0 aliphatic rings. The highest BCUT2D eigenvalue weighted by atomic mass is 16.6. The zero-order valence-electron chi connectivity index (χ0n) is 11.3. The SMILES string of the molecule is C=C(CNCCC)Cn1cc([N+](=O)[O-])c(C)cc1=O. The molecule has 0 unspecified atom stereocenters.